The van der Waals surface area contributed by atoms with E-state index in [1.54, 1.807) is 6.08 Å². The Kier molecular flexibility index (Phi) is 6.03. The second-order valence-corrected chi connectivity index (χ2v) is 12.7. The van der Waals surface area contributed by atoms with Gasteiger partial charge in [0.2, 0.25) is 20.0 Å². The van der Waals surface area contributed by atoms with Gasteiger partial charge in [-0.3, -0.25) is 10.1 Å². The molecular formula is C21H26N4O6S2. The summed E-state index contributed by atoms with van der Waals surface area (Å²) in [5.41, 5.74) is 1.16. The third kappa shape index (κ3) is 4.77. The largest absolute Gasteiger partial charge is 0.322 e. The SMILES string of the molecule is CC1(CS(=O)(=O)N2CC=C(C#CC3=C4CCN(S(C)(=O)=O)C4CC=C3)CC2)NC(=O)NC1=O. The average Bonchev–Trinajstić information content (AvgIpc) is 3.26. The Bertz CT molecular complexity index is 1270. The molecule has 0 spiro atoms. The number of hydrogen-bond acceptors (Lipinski definition) is 6. The Morgan fingerprint density at radius 3 is 2.52 bits per heavy atom. The number of imide groups is 1. The molecule has 2 N–H and O–H groups in total. The summed E-state index contributed by atoms with van der Waals surface area (Å²) in [6.07, 6.45) is 8.54. The van der Waals surface area contributed by atoms with Crippen LogP contribution in [-0.2, 0) is 24.8 Å². The molecule has 0 aromatic carbocycles. The highest BCUT2D eigenvalue weighted by Gasteiger charge is 2.46. The zero-order valence-corrected chi connectivity index (χ0v) is 20.1. The molecule has 33 heavy (non-hydrogen) atoms. The lowest BCUT2D eigenvalue weighted by molar-refractivity contribution is -0.122. The maximum Gasteiger partial charge on any atom is 0.322 e. The third-order valence-corrected chi connectivity index (χ3v) is 9.63. The summed E-state index contributed by atoms with van der Waals surface area (Å²) in [5.74, 6) is 5.08. The fourth-order valence-electron chi connectivity index (χ4n) is 4.54. The lowest BCUT2D eigenvalue weighted by atomic mass is 9.93. The van der Waals surface area contributed by atoms with E-state index in [0.29, 0.717) is 25.8 Å². The highest BCUT2D eigenvalue weighted by Crippen LogP contribution is 2.34. The van der Waals surface area contributed by atoms with Gasteiger partial charge in [-0.1, -0.05) is 30.1 Å². The monoisotopic (exact) mass is 494 g/mol. The Morgan fingerprint density at radius 2 is 1.91 bits per heavy atom. The molecule has 0 aromatic rings. The Morgan fingerprint density at radius 1 is 1.15 bits per heavy atom. The van der Waals surface area contributed by atoms with Gasteiger partial charge in [-0.25, -0.2) is 21.6 Å². The minimum atomic E-state index is -3.79. The number of fused-ring (bicyclic) bond motifs is 1. The minimum Gasteiger partial charge on any atom is -0.322 e. The summed E-state index contributed by atoms with van der Waals surface area (Å²) < 4.78 is 52.4. The average molecular weight is 495 g/mol. The summed E-state index contributed by atoms with van der Waals surface area (Å²) in [6.45, 7) is 2.19. The first-order valence-corrected chi connectivity index (χ1v) is 14.0. The van der Waals surface area contributed by atoms with Crippen LogP contribution in [0.15, 0.2) is 34.9 Å². The van der Waals surface area contributed by atoms with Crippen LogP contribution >= 0.6 is 0 Å². The number of rotatable bonds is 4. The fourth-order valence-corrected chi connectivity index (χ4v) is 7.43. The molecule has 1 aliphatic carbocycles. The summed E-state index contributed by atoms with van der Waals surface area (Å²) in [7, 11) is -7.07. The molecule has 2 atom stereocenters. The van der Waals surface area contributed by atoms with Gasteiger partial charge in [0.25, 0.3) is 5.91 Å². The molecule has 178 valence electrons. The van der Waals surface area contributed by atoms with Crippen molar-refractivity contribution < 1.29 is 26.4 Å². The number of allylic oxidation sites excluding steroid dienone is 2. The van der Waals surface area contributed by atoms with E-state index in [-0.39, 0.29) is 19.1 Å². The first-order chi connectivity index (χ1) is 15.4. The van der Waals surface area contributed by atoms with Crippen molar-refractivity contribution in [1.82, 2.24) is 19.2 Å². The second kappa shape index (κ2) is 8.39. The zero-order valence-electron chi connectivity index (χ0n) is 18.4. The summed E-state index contributed by atoms with van der Waals surface area (Å²) >= 11 is 0. The van der Waals surface area contributed by atoms with E-state index in [4.69, 9.17) is 0 Å². The van der Waals surface area contributed by atoms with Crippen LogP contribution in [0.4, 0.5) is 4.79 Å². The van der Waals surface area contributed by atoms with Crippen molar-refractivity contribution in [2.24, 2.45) is 0 Å². The third-order valence-electron chi connectivity index (χ3n) is 6.28. The summed E-state index contributed by atoms with van der Waals surface area (Å²) in [6, 6.07) is -0.880. The number of carbonyl (C=O) groups is 2. The molecule has 0 radical (unpaired) electrons. The van der Waals surface area contributed by atoms with E-state index >= 15 is 0 Å². The van der Waals surface area contributed by atoms with Crippen LogP contribution < -0.4 is 10.6 Å². The van der Waals surface area contributed by atoms with Crippen molar-refractivity contribution in [3.05, 3.63) is 34.9 Å². The molecule has 0 aromatic heterocycles. The summed E-state index contributed by atoms with van der Waals surface area (Å²) in [5, 5.41) is 4.44. The molecule has 0 bridgehead atoms. The van der Waals surface area contributed by atoms with Crippen molar-refractivity contribution in [3.63, 3.8) is 0 Å². The van der Waals surface area contributed by atoms with Crippen LogP contribution in [0.1, 0.15) is 26.2 Å². The molecule has 0 saturated carbocycles. The van der Waals surface area contributed by atoms with Crippen molar-refractivity contribution in [1.29, 1.82) is 0 Å². The summed E-state index contributed by atoms with van der Waals surface area (Å²) in [4.78, 5) is 23.4. The fraction of sp³-hybridized carbons (Fsp3) is 0.524. The number of nitrogens with zero attached hydrogens (tertiary/aromatic N) is 2. The van der Waals surface area contributed by atoms with Crippen molar-refractivity contribution in [2.45, 2.75) is 37.8 Å². The van der Waals surface area contributed by atoms with Crippen LogP contribution in [0.2, 0.25) is 0 Å². The van der Waals surface area contributed by atoms with Gasteiger partial charge in [0.1, 0.15) is 5.54 Å². The highest BCUT2D eigenvalue weighted by atomic mass is 32.2. The van der Waals surface area contributed by atoms with E-state index in [2.05, 4.69) is 22.5 Å². The Balaban J connectivity index is 1.45. The standard InChI is InChI=1S/C21H26N4O6S2/c1-21(19(26)22-20(27)23-21)14-33(30,31)24-11-8-15(9-12-24)6-7-16-4-3-5-18-17(16)10-13-25(18)32(2,28)29/h3-4,8,18H,5,9-14H2,1-2H3,(H2,22,23,26,27). The minimum absolute atomic E-state index is 0.129. The van der Waals surface area contributed by atoms with Gasteiger partial charge in [0, 0.05) is 30.8 Å². The molecule has 3 aliphatic heterocycles. The predicted octanol–water partition coefficient (Wildman–Crippen LogP) is -0.160. The zero-order chi connectivity index (χ0) is 24.0. The van der Waals surface area contributed by atoms with E-state index in [0.717, 1.165) is 16.7 Å². The molecule has 4 aliphatic rings. The van der Waals surface area contributed by atoms with Crippen LogP contribution in [0.25, 0.3) is 0 Å². The first-order valence-electron chi connectivity index (χ1n) is 10.6. The van der Waals surface area contributed by atoms with Crippen LogP contribution in [0.3, 0.4) is 0 Å². The van der Waals surface area contributed by atoms with E-state index in [9.17, 15) is 26.4 Å². The van der Waals surface area contributed by atoms with Crippen LogP contribution in [0, 0.1) is 11.8 Å². The molecule has 12 heteroatoms. The van der Waals surface area contributed by atoms with Gasteiger partial charge in [0.15, 0.2) is 0 Å². The molecule has 10 nitrogen and oxygen atoms in total. The molecule has 2 fully saturated rings. The van der Waals surface area contributed by atoms with Crippen LogP contribution in [0.5, 0.6) is 0 Å². The van der Waals surface area contributed by atoms with E-state index < -0.39 is 43.3 Å². The number of amides is 3. The maximum absolute atomic E-state index is 12.8. The highest BCUT2D eigenvalue weighted by molar-refractivity contribution is 7.89. The molecular weight excluding hydrogens is 468 g/mol. The topological polar surface area (TPSA) is 133 Å². The predicted molar refractivity (Wildman–Crippen MR) is 122 cm³/mol. The Labute approximate surface area is 193 Å². The molecule has 3 amide bonds. The van der Waals surface area contributed by atoms with Gasteiger partial charge in [-0.05, 0) is 31.8 Å². The van der Waals surface area contributed by atoms with Crippen molar-refractivity contribution in [2.75, 3.05) is 31.6 Å². The van der Waals surface area contributed by atoms with Gasteiger partial charge < -0.3 is 5.32 Å². The number of hydrogen-bond donors (Lipinski definition) is 2. The van der Waals surface area contributed by atoms with Gasteiger partial charge in [-0.15, -0.1) is 0 Å². The van der Waals surface area contributed by atoms with Gasteiger partial charge >= 0.3 is 6.03 Å². The quantitative estimate of drug-likeness (QED) is 0.412. The van der Waals surface area contributed by atoms with Gasteiger partial charge in [-0.2, -0.15) is 8.61 Å². The molecule has 4 rings (SSSR count). The number of sulfonamides is 2. The van der Waals surface area contributed by atoms with Crippen molar-refractivity contribution in [3.8, 4) is 11.8 Å². The Hall–Kier alpha value is -2.46. The van der Waals surface area contributed by atoms with Crippen molar-refractivity contribution >= 4 is 32.0 Å². The number of nitrogens with one attached hydrogen (secondary N) is 2. The normalized spacial score (nSPS) is 28.7. The smallest absolute Gasteiger partial charge is 0.322 e. The first kappa shape index (κ1) is 23.7. The lowest BCUT2D eigenvalue weighted by Crippen LogP contribution is -2.52. The number of carbonyl (C=O) groups excluding carboxylic acids is 2. The maximum atomic E-state index is 12.8. The van der Waals surface area contributed by atoms with E-state index in [1.807, 2.05) is 12.2 Å². The molecule has 2 saturated heterocycles. The molecule has 3 heterocycles. The van der Waals surface area contributed by atoms with Crippen LogP contribution in [-0.4, -0.2) is 80.6 Å². The number of urea groups is 1. The molecule has 2 unspecified atom stereocenters. The van der Waals surface area contributed by atoms with E-state index in [1.165, 1.54) is 21.8 Å². The van der Waals surface area contributed by atoms with Gasteiger partial charge in [0.05, 0.1) is 18.1 Å². The lowest BCUT2D eigenvalue weighted by Gasteiger charge is -2.28. The second-order valence-electron chi connectivity index (χ2n) is 8.80.